The molecule has 3 rings (SSSR count). The number of aryl methyl sites for hydroxylation is 1. The SMILES string of the molecule is Cc1cc(Nc2nccc(Nc3ccccc3C(C)(C)C)n2)no1. The molecule has 124 valence electrons. The van der Waals surface area contributed by atoms with Gasteiger partial charge in [0.05, 0.1) is 0 Å². The van der Waals surface area contributed by atoms with Crippen LogP contribution in [0, 0.1) is 6.92 Å². The topological polar surface area (TPSA) is 75.9 Å². The number of hydrogen-bond acceptors (Lipinski definition) is 6. The Morgan fingerprint density at radius 3 is 2.50 bits per heavy atom. The zero-order chi connectivity index (χ0) is 17.2. The summed E-state index contributed by atoms with van der Waals surface area (Å²) < 4.78 is 5.03. The maximum Gasteiger partial charge on any atom is 0.230 e. The highest BCUT2D eigenvalue weighted by molar-refractivity contribution is 5.63. The second-order valence-electron chi connectivity index (χ2n) is 6.63. The summed E-state index contributed by atoms with van der Waals surface area (Å²) >= 11 is 0. The fraction of sp³-hybridized carbons (Fsp3) is 0.278. The Morgan fingerprint density at radius 2 is 1.79 bits per heavy atom. The molecule has 0 saturated heterocycles. The van der Waals surface area contributed by atoms with Crippen LogP contribution in [0.15, 0.2) is 47.1 Å². The lowest BCUT2D eigenvalue weighted by atomic mass is 9.86. The van der Waals surface area contributed by atoms with Crippen LogP contribution in [0.25, 0.3) is 0 Å². The van der Waals surface area contributed by atoms with Gasteiger partial charge < -0.3 is 15.2 Å². The molecule has 1 aromatic carbocycles. The molecule has 0 atom stereocenters. The molecule has 2 heterocycles. The second kappa shape index (κ2) is 6.31. The van der Waals surface area contributed by atoms with Gasteiger partial charge in [0, 0.05) is 18.0 Å². The van der Waals surface area contributed by atoms with Gasteiger partial charge in [-0.3, -0.25) is 0 Å². The van der Waals surface area contributed by atoms with Crippen LogP contribution in [0.3, 0.4) is 0 Å². The lowest BCUT2D eigenvalue weighted by molar-refractivity contribution is 0.400. The second-order valence-corrected chi connectivity index (χ2v) is 6.63. The van der Waals surface area contributed by atoms with Crippen molar-refractivity contribution in [2.45, 2.75) is 33.1 Å². The lowest BCUT2D eigenvalue weighted by Crippen LogP contribution is -2.13. The van der Waals surface area contributed by atoms with Crippen molar-refractivity contribution in [2.75, 3.05) is 10.6 Å². The highest BCUT2D eigenvalue weighted by Gasteiger charge is 2.17. The Bertz CT molecular complexity index is 835. The molecule has 2 aromatic heterocycles. The van der Waals surface area contributed by atoms with Crippen LogP contribution in [0.2, 0.25) is 0 Å². The molecule has 3 aromatic rings. The van der Waals surface area contributed by atoms with E-state index in [9.17, 15) is 0 Å². The van der Waals surface area contributed by atoms with Gasteiger partial charge in [0.1, 0.15) is 11.6 Å². The number of nitrogens with zero attached hydrogens (tertiary/aromatic N) is 3. The molecule has 6 nitrogen and oxygen atoms in total. The number of rotatable bonds is 4. The third-order valence-electron chi connectivity index (χ3n) is 3.52. The van der Waals surface area contributed by atoms with Crippen molar-refractivity contribution in [1.29, 1.82) is 0 Å². The Kier molecular flexibility index (Phi) is 4.20. The van der Waals surface area contributed by atoms with E-state index in [4.69, 9.17) is 4.52 Å². The summed E-state index contributed by atoms with van der Waals surface area (Å²) in [6.45, 7) is 8.40. The van der Waals surface area contributed by atoms with Gasteiger partial charge in [0.15, 0.2) is 5.82 Å². The van der Waals surface area contributed by atoms with Crippen molar-refractivity contribution in [3.8, 4) is 0 Å². The van der Waals surface area contributed by atoms with E-state index in [1.165, 1.54) is 5.56 Å². The average molecular weight is 323 g/mol. The molecule has 0 aliphatic heterocycles. The molecule has 0 fully saturated rings. The Balaban J connectivity index is 1.83. The molecule has 6 heteroatoms. The van der Waals surface area contributed by atoms with Crippen LogP contribution >= 0.6 is 0 Å². The largest absolute Gasteiger partial charge is 0.360 e. The number of para-hydroxylation sites is 1. The highest BCUT2D eigenvalue weighted by atomic mass is 16.5. The van der Waals surface area contributed by atoms with E-state index < -0.39 is 0 Å². The number of hydrogen-bond donors (Lipinski definition) is 2. The Morgan fingerprint density at radius 1 is 1.00 bits per heavy atom. The standard InChI is InChI=1S/C18H21N5O/c1-12-11-16(23-24-12)22-17-19-10-9-15(21-17)20-14-8-6-5-7-13(14)18(2,3)4/h5-11H,1-4H3,(H2,19,20,21,22,23). The molecule has 0 bridgehead atoms. The molecular weight excluding hydrogens is 302 g/mol. The minimum absolute atomic E-state index is 0.0376. The van der Waals surface area contributed by atoms with Gasteiger partial charge in [-0.05, 0) is 30.0 Å². The fourth-order valence-electron chi connectivity index (χ4n) is 2.41. The highest BCUT2D eigenvalue weighted by Crippen LogP contribution is 2.31. The van der Waals surface area contributed by atoms with Crippen molar-refractivity contribution in [2.24, 2.45) is 0 Å². The van der Waals surface area contributed by atoms with Gasteiger partial charge in [-0.15, -0.1) is 0 Å². The first-order chi connectivity index (χ1) is 11.4. The number of benzene rings is 1. The molecule has 0 aliphatic carbocycles. The summed E-state index contributed by atoms with van der Waals surface area (Å²) in [6, 6.07) is 11.9. The van der Waals surface area contributed by atoms with E-state index in [2.05, 4.69) is 58.7 Å². The first kappa shape index (κ1) is 16.0. The van der Waals surface area contributed by atoms with Crippen LogP contribution < -0.4 is 10.6 Å². The van der Waals surface area contributed by atoms with Crippen LogP contribution in [0.4, 0.5) is 23.3 Å². The lowest BCUT2D eigenvalue weighted by Gasteiger charge is -2.23. The molecule has 24 heavy (non-hydrogen) atoms. The summed E-state index contributed by atoms with van der Waals surface area (Å²) in [5, 5.41) is 10.3. The maximum atomic E-state index is 5.03. The van der Waals surface area contributed by atoms with Crippen molar-refractivity contribution in [1.82, 2.24) is 15.1 Å². The van der Waals surface area contributed by atoms with Gasteiger partial charge in [-0.25, -0.2) is 4.98 Å². The third kappa shape index (κ3) is 3.71. The molecule has 0 unspecified atom stereocenters. The molecule has 0 spiro atoms. The van der Waals surface area contributed by atoms with E-state index in [0.717, 1.165) is 11.4 Å². The van der Waals surface area contributed by atoms with E-state index in [0.29, 0.717) is 17.6 Å². The zero-order valence-corrected chi connectivity index (χ0v) is 14.3. The summed E-state index contributed by atoms with van der Waals surface area (Å²) in [4.78, 5) is 8.69. The molecule has 0 saturated carbocycles. The van der Waals surface area contributed by atoms with E-state index in [1.807, 2.05) is 25.1 Å². The fourth-order valence-corrected chi connectivity index (χ4v) is 2.41. The molecule has 0 radical (unpaired) electrons. The van der Waals surface area contributed by atoms with Crippen molar-refractivity contribution in [3.63, 3.8) is 0 Å². The third-order valence-corrected chi connectivity index (χ3v) is 3.52. The van der Waals surface area contributed by atoms with Gasteiger partial charge in [0.2, 0.25) is 5.95 Å². The molecule has 0 aliphatic rings. The van der Waals surface area contributed by atoms with Crippen LogP contribution in [0.1, 0.15) is 32.1 Å². The predicted octanol–water partition coefficient (Wildman–Crippen LogP) is 4.56. The Hall–Kier alpha value is -2.89. The molecular formula is C18H21N5O. The van der Waals surface area contributed by atoms with Gasteiger partial charge in [0.25, 0.3) is 0 Å². The van der Waals surface area contributed by atoms with E-state index in [-0.39, 0.29) is 5.41 Å². The minimum atomic E-state index is 0.0376. The monoisotopic (exact) mass is 323 g/mol. The first-order valence-electron chi connectivity index (χ1n) is 7.82. The van der Waals surface area contributed by atoms with Gasteiger partial charge in [-0.1, -0.05) is 44.1 Å². The molecule has 0 amide bonds. The smallest absolute Gasteiger partial charge is 0.230 e. The van der Waals surface area contributed by atoms with Crippen molar-refractivity contribution < 1.29 is 4.52 Å². The van der Waals surface area contributed by atoms with Crippen molar-refractivity contribution in [3.05, 3.63) is 53.9 Å². The Labute approximate surface area is 141 Å². The van der Waals surface area contributed by atoms with Crippen LogP contribution in [0.5, 0.6) is 0 Å². The maximum absolute atomic E-state index is 5.03. The summed E-state index contributed by atoms with van der Waals surface area (Å²) in [6.07, 6.45) is 1.70. The normalized spacial score (nSPS) is 11.3. The first-order valence-corrected chi connectivity index (χ1v) is 7.82. The predicted molar refractivity (Wildman–Crippen MR) is 95.0 cm³/mol. The molecule has 2 N–H and O–H groups in total. The quantitative estimate of drug-likeness (QED) is 0.733. The van der Waals surface area contributed by atoms with Crippen LogP contribution in [-0.4, -0.2) is 15.1 Å². The average Bonchev–Trinajstić information content (AvgIpc) is 2.92. The minimum Gasteiger partial charge on any atom is -0.360 e. The van der Waals surface area contributed by atoms with Gasteiger partial charge >= 0.3 is 0 Å². The van der Waals surface area contributed by atoms with E-state index >= 15 is 0 Å². The number of aromatic nitrogens is 3. The summed E-state index contributed by atoms with van der Waals surface area (Å²) in [5.41, 5.74) is 2.30. The summed E-state index contributed by atoms with van der Waals surface area (Å²) in [7, 11) is 0. The number of anilines is 4. The van der Waals surface area contributed by atoms with E-state index in [1.54, 1.807) is 12.3 Å². The van der Waals surface area contributed by atoms with Gasteiger partial charge in [-0.2, -0.15) is 4.98 Å². The van der Waals surface area contributed by atoms with Crippen LogP contribution in [-0.2, 0) is 5.41 Å². The zero-order valence-electron chi connectivity index (χ0n) is 14.3. The summed E-state index contributed by atoms with van der Waals surface area (Å²) in [5.74, 6) is 2.48. The van der Waals surface area contributed by atoms with Crippen molar-refractivity contribution >= 4 is 23.3 Å². The number of nitrogens with one attached hydrogen (secondary N) is 2.